The molecule has 0 radical (unpaired) electrons. The smallest absolute Gasteiger partial charge is 0.127 e. The van der Waals surface area contributed by atoms with Gasteiger partial charge >= 0.3 is 0 Å². The molecule has 0 aliphatic heterocycles. The van der Waals surface area contributed by atoms with Crippen LogP contribution in [0.25, 0.3) is 0 Å². The highest BCUT2D eigenvalue weighted by molar-refractivity contribution is 9.10. The van der Waals surface area contributed by atoms with E-state index < -0.39 is 6.04 Å². The first kappa shape index (κ1) is 14.8. The van der Waals surface area contributed by atoms with Crippen molar-refractivity contribution in [3.8, 4) is 0 Å². The summed E-state index contributed by atoms with van der Waals surface area (Å²) in [4.78, 5) is 0. The second-order valence-electron chi connectivity index (χ2n) is 4.18. The maximum atomic E-state index is 13.8. The Balaban J connectivity index is 2.28. The third kappa shape index (κ3) is 3.48. The Kier molecular flexibility index (Phi) is 4.85. The van der Waals surface area contributed by atoms with Gasteiger partial charge in [-0.15, -0.1) is 0 Å². The lowest BCUT2D eigenvalue weighted by molar-refractivity contribution is 0.592. The SMILES string of the molecule is NC(Cc1ccc(Br)cc1F)c1c(Cl)cccc1Cl. The van der Waals surface area contributed by atoms with E-state index in [1.54, 1.807) is 30.3 Å². The Morgan fingerprint density at radius 3 is 2.37 bits per heavy atom. The van der Waals surface area contributed by atoms with Gasteiger partial charge in [0, 0.05) is 26.1 Å². The fourth-order valence-electron chi connectivity index (χ4n) is 1.89. The van der Waals surface area contributed by atoms with Crippen LogP contribution in [0.5, 0.6) is 0 Å². The third-order valence-corrected chi connectivity index (χ3v) is 3.98. The topological polar surface area (TPSA) is 26.0 Å². The van der Waals surface area contributed by atoms with E-state index in [1.165, 1.54) is 6.07 Å². The molecule has 1 atom stereocenters. The van der Waals surface area contributed by atoms with Crippen LogP contribution in [0.3, 0.4) is 0 Å². The lowest BCUT2D eigenvalue weighted by atomic mass is 9.99. The zero-order valence-electron chi connectivity index (χ0n) is 9.84. The molecule has 0 spiro atoms. The molecule has 0 fully saturated rings. The molecular weight excluding hydrogens is 352 g/mol. The molecule has 0 aromatic heterocycles. The number of hydrogen-bond donors (Lipinski definition) is 1. The van der Waals surface area contributed by atoms with Crippen molar-refractivity contribution in [1.82, 2.24) is 0 Å². The first-order valence-electron chi connectivity index (χ1n) is 5.62. The number of benzene rings is 2. The number of nitrogens with two attached hydrogens (primary N) is 1. The Hall–Kier alpha value is -0.610. The van der Waals surface area contributed by atoms with Gasteiger partial charge in [0.15, 0.2) is 0 Å². The summed E-state index contributed by atoms with van der Waals surface area (Å²) in [6.07, 6.45) is 0.336. The monoisotopic (exact) mass is 361 g/mol. The minimum absolute atomic E-state index is 0.298. The van der Waals surface area contributed by atoms with Crippen LogP contribution in [0.2, 0.25) is 10.0 Å². The van der Waals surface area contributed by atoms with Gasteiger partial charge in [-0.25, -0.2) is 4.39 Å². The summed E-state index contributed by atoms with van der Waals surface area (Å²) in [7, 11) is 0. The van der Waals surface area contributed by atoms with Crippen LogP contribution in [-0.4, -0.2) is 0 Å². The second kappa shape index (κ2) is 6.23. The summed E-state index contributed by atoms with van der Waals surface area (Å²) >= 11 is 15.4. The lowest BCUT2D eigenvalue weighted by Gasteiger charge is -2.16. The molecule has 1 unspecified atom stereocenters. The van der Waals surface area contributed by atoms with Gasteiger partial charge in [-0.05, 0) is 36.2 Å². The van der Waals surface area contributed by atoms with Crippen LogP contribution in [0.4, 0.5) is 4.39 Å². The molecule has 0 bridgehead atoms. The van der Waals surface area contributed by atoms with E-state index in [4.69, 9.17) is 28.9 Å². The van der Waals surface area contributed by atoms with Gasteiger partial charge in [-0.2, -0.15) is 0 Å². The Bertz CT molecular complexity index is 584. The average Bonchev–Trinajstić information content (AvgIpc) is 2.32. The van der Waals surface area contributed by atoms with Gasteiger partial charge in [0.1, 0.15) is 5.82 Å². The summed E-state index contributed by atoms with van der Waals surface area (Å²) in [5.41, 5.74) is 7.27. The van der Waals surface area contributed by atoms with E-state index >= 15 is 0 Å². The maximum absolute atomic E-state index is 13.8. The van der Waals surface area contributed by atoms with Gasteiger partial charge in [0.05, 0.1) is 0 Å². The van der Waals surface area contributed by atoms with Gasteiger partial charge in [0.25, 0.3) is 0 Å². The predicted octanol–water partition coefficient (Wildman–Crippen LogP) is 5.14. The lowest BCUT2D eigenvalue weighted by Crippen LogP contribution is -2.15. The molecule has 0 aliphatic rings. The quantitative estimate of drug-likeness (QED) is 0.803. The minimum atomic E-state index is -0.447. The van der Waals surface area contributed by atoms with Gasteiger partial charge < -0.3 is 5.73 Å². The fraction of sp³-hybridized carbons (Fsp3) is 0.143. The first-order chi connectivity index (χ1) is 8.99. The molecule has 0 saturated carbocycles. The largest absolute Gasteiger partial charge is 0.324 e. The standard InChI is InChI=1S/C14H11BrCl2FN/c15-9-5-4-8(12(18)7-9)6-13(19)14-10(16)2-1-3-11(14)17/h1-5,7,13H,6,19H2. The normalized spacial score (nSPS) is 12.5. The third-order valence-electron chi connectivity index (χ3n) is 2.83. The summed E-state index contributed by atoms with van der Waals surface area (Å²) in [5, 5.41) is 0.995. The van der Waals surface area contributed by atoms with Crippen molar-refractivity contribution in [2.45, 2.75) is 12.5 Å². The van der Waals surface area contributed by atoms with Crippen molar-refractivity contribution < 1.29 is 4.39 Å². The molecule has 0 saturated heterocycles. The van der Waals surface area contributed by atoms with E-state index in [2.05, 4.69) is 15.9 Å². The van der Waals surface area contributed by atoms with Crippen molar-refractivity contribution in [2.75, 3.05) is 0 Å². The highest BCUT2D eigenvalue weighted by atomic mass is 79.9. The van der Waals surface area contributed by atoms with Crippen LogP contribution in [0.1, 0.15) is 17.2 Å². The van der Waals surface area contributed by atoms with Gasteiger partial charge in [-0.1, -0.05) is 51.3 Å². The highest BCUT2D eigenvalue weighted by Gasteiger charge is 2.16. The molecule has 5 heteroatoms. The van der Waals surface area contributed by atoms with Crippen LogP contribution in [0.15, 0.2) is 40.9 Å². The minimum Gasteiger partial charge on any atom is -0.324 e. The van der Waals surface area contributed by atoms with Crippen molar-refractivity contribution in [3.63, 3.8) is 0 Å². The van der Waals surface area contributed by atoms with E-state index in [-0.39, 0.29) is 5.82 Å². The zero-order chi connectivity index (χ0) is 14.0. The summed E-state index contributed by atoms with van der Waals surface area (Å²) in [5.74, 6) is -0.298. The van der Waals surface area contributed by atoms with Crippen molar-refractivity contribution in [2.24, 2.45) is 5.73 Å². The molecule has 100 valence electrons. The fourth-order valence-corrected chi connectivity index (χ4v) is 2.90. The summed E-state index contributed by atoms with van der Waals surface area (Å²) in [6, 6.07) is 9.64. The van der Waals surface area contributed by atoms with E-state index in [0.29, 0.717) is 32.1 Å². The van der Waals surface area contributed by atoms with Gasteiger partial charge in [-0.3, -0.25) is 0 Å². The van der Waals surface area contributed by atoms with Gasteiger partial charge in [0.2, 0.25) is 0 Å². The Morgan fingerprint density at radius 1 is 1.16 bits per heavy atom. The van der Waals surface area contributed by atoms with E-state index in [9.17, 15) is 4.39 Å². The predicted molar refractivity (Wildman–Crippen MR) is 81.2 cm³/mol. The summed E-state index contributed by atoms with van der Waals surface area (Å²) < 4.78 is 14.5. The van der Waals surface area contributed by atoms with E-state index in [0.717, 1.165) is 0 Å². The molecule has 0 aliphatic carbocycles. The van der Waals surface area contributed by atoms with Crippen molar-refractivity contribution in [3.05, 3.63) is 67.9 Å². The molecule has 19 heavy (non-hydrogen) atoms. The van der Waals surface area contributed by atoms with E-state index in [1.807, 2.05) is 0 Å². The maximum Gasteiger partial charge on any atom is 0.127 e. The Morgan fingerprint density at radius 2 is 1.79 bits per heavy atom. The molecule has 1 nitrogen and oxygen atoms in total. The number of halogens is 4. The Labute approximate surface area is 129 Å². The average molecular weight is 363 g/mol. The first-order valence-corrected chi connectivity index (χ1v) is 7.17. The molecule has 2 aromatic rings. The molecule has 2 rings (SSSR count). The van der Waals surface area contributed by atoms with Crippen molar-refractivity contribution >= 4 is 39.1 Å². The molecule has 2 aromatic carbocycles. The molecule has 0 heterocycles. The highest BCUT2D eigenvalue weighted by Crippen LogP contribution is 2.31. The second-order valence-corrected chi connectivity index (χ2v) is 5.91. The molecule has 0 amide bonds. The van der Waals surface area contributed by atoms with Crippen LogP contribution in [-0.2, 0) is 6.42 Å². The zero-order valence-corrected chi connectivity index (χ0v) is 12.9. The van der Waals surface area contributed by atoms with Crippen molar-refractivity contribution in [1.29, 1.82) is 0 Å². The summed E-state index contributed by atoms with van der Waals surface area (Å²) in [6.45, 7) is 0. The number of rotatable bonds is 3. The molecule has 2 N–H and O–H groups in total. The van der Waals surface area contributed by atoms with Crippen LogP contribution < -0.4 is 5.73 Å². The number of hydrogen-bond acceptors (Lipinski definition) is 1. The molecular formula is C14H11BrCl2FN. The van der Waals surface area contributed by atoms with Crippen LogP contribution in [0, 0.1) is 5.82 Å². The van der Waals surface area contributed by atoms with Crippen LogP contribution >= 0.6 is 39.1 Å².